The summed E-state index contributed by atoms with van der Waals surface area (Å²) < 4.78 is 5.18. The third-order valence-corrected chi connectivity index (χ3v) is 3.13. The van der Waals surface area contributed by atoms with Gasteiger partial charge < -0.3 is 20.3 Å². The minimum Gasteiger partial charge on any atom is -0.378 e. The Kier molecular flexibility index (Phi) is 4.19. The fraction of sp³-hybridized carbons (Fsp3) is 0.818. The number of rotatable bonds is 1. The summed E-state index contributed by atoms with van der Waals surface area (Å²) in [6.45, 7) is 3.05. The first-order chi connectivity index (χ1) is 8.27. The number of carbonyl (C=O) groups is 2. The van der Waals surface area contributed by atoms with Gasteiger partial charge in [-0.1, -0.05) is 0 Å². The first-order valence-electron chi connectivity index (χ1n) is 6.18. The molecule has 0 aromatic carbocycles. The molecule has 2 saturated heterocycles. The van der Waals surface area contributed by atoms with Crippen LogP contribution in [0, 0.1) is 0 Å². The first kappa shape index (κ1) is 12.2. The molecule has 0 aromatic heterocycles. The van der Waals surface area contributed by atoms with Gasteiger partial charge in [0.2, 0.25) is 5.91 Å². The summed E-state index contributed by atoms with van der Waals surface area (Å²) in [6, 6.07) is -0.539. The standard InChI is InChI=1S/C11H19N3O3/c15-10-9(3-1-2-4-12-10)13-11(16)14-5-7-17-8-6-14/h9H,1-8H2,(H,12,15)(H,13,16)/t9-/m0/s1. The number of nitrogens with zero attached hydrogens (tertiary/aromatic N) is 1. The van der Waals surface area contributed by atoms with E-state index < -0.39 is 0 Å². The Bertz CT molecular complexity index is 290. The highest BCUT2D eigenvalue weighted by Crippen LogP contribution is 2.06. The monoisotopic (exact) mass is 241 g/mol. The lowest BCUT2D eigenvalue weighted by molar-refractivity contribution is -0.122. The van der Waals surface area contributed by atoms with Crippen LogP contribution in [0.3, 0.4) is 0 Å². The smallest absolute Gasteiger partial charge is 0.318 e. The molecular weight excluding hydrogens is 222 g/mol. The normalized spacial score (nSPS) is 26.0. The molecule has 0 unspecified atom stereocenters. The highest BCUT2D eigenvalue weighted by atomic mass is 16.5. The van der Waals surface area contributed by atoms with E-state index in [-0.39, 0.29) is 18.0 Å². The van der Waals surface area contributed by atoms with E-state index in [0.717, 1.165) is 19.3 Å². The molecule has 6 heteroatoms. The number of urea groups is 1. The van der Waals surface area contributed by atoms with Gasteiger partial charge in [0, 0.05) is 19.6 Å². The van der Waals surface area contributed by atoms with Gasteiger partial charge in [0.25, 0.3) is 0 Å². The highest BCUT2D eigenvalue weighted by molar-refractivity contribution is 5.87. The van der Waals surface area contributed by atoms with E-state index in [1.165, 1.54) is 0 Å². The predicted molar refractivity (Wildman–Crippen MR) is 61.6 cm³/mol. The Balaban J connectivity index is 1.85. The summed E-state index contributed by atoms with van der Waals surface area (Å²) in [5.74, 6) is -0.0656. The zero-order valence-electron chi connectivity index (χ0n) is 9.91. The lowest BCUT2D eigenvalue weighted by Crippen LogP contribution is -2.52. The van der Waals surface area contributed by atoms with Gasteiger partial charge in [-0.3, -0.25) is 4.79 Å². The van der Waals surface area contributed by atoms with E-state index in [4.69, 9.17) is 4.74 Å². The molecule has 3 amide bonds. The Morgan fingerprint density at radius 3 is 2.88 bits per heavy atom. The topological polar surface area (TPSA) is 70.7 Å². The van der Waals surface area contributed by atoms with Gasteiger partial charge >= 0.3 is 6.03 Å². The Labute approximate surface area is 101 Å². The van der Waals surface area contributed by atoms with Crippen LogP contribution in [0.25, 0.3) is 0 Å². The van der Waals surface area contributed by atoms with E-state index in [0.29, 0.717) is 32.8 Å². The van der Waals surface area contributed by atoms with E-state index >= 15 is 0 Å². The van der Waals surface area contributed by atoms with Gasteiger partial charge in [-0.15, -0.1) is 0 Å². The van der Waals surface area contributed by atoms with Crippen LogP contribution in [0.4, 0.5) is 4.79 Å². The number of hydrogen-bond acceptors (Lipinski definition) is 3. The third-order valence-electron chi connectivity index (χ3n) is 3.13. The van der Waals surface area contributed by atoms with Gasteiger partial charge in [0.1, 0.15) is 6.04 Å². The van der Waals surface area contributed by atoms with Crippen LogP contribution < -0.4 is 10.6 Å². The fourth-order valence-corrected chi connectivity index (χ4v) is 2.08. The van der Waals surface area contributed by atoms with E-state index in [9.17, 15) is 9.59 Å². The summed E-state index contributed by atoms with van der Waals surface area (Å²) in [5, 5.41) is 5.60. The molecule has 0 saturated carbocycles. The predicted octanol–water partition coefficient (Wildman–Crippen LogP) is -0.303. The number of morpholine rings is 1. The van der Waals surface area contributed by atoms with Crippen molar-refractivity contribution in [3.05, 3.63) is 0 Å². The average molecular weight is 241 g/mol. The maximum Gasteiger partial charge on any atom is 0.318 e. The van der Waals surface area contributed by atoms with Crippen molar-refractivity contribution in [3.8, 4) is 0 Å². The Hall–Kier alpha value is -1.30. The number of hydrogen-bond donors (Lipinski definition) is 2. The fourth-order valence-electron chi connectivity index (χ4n) is 2.08. The molecule has 17 heavy (non-hydrogen) atoms. The van der Waals surface area contributed by atoms with Crippen molar-refractivity contribution in [2.45, 2.75) is 25.3 Å². The van der Waals surface area contributed by atoms with Crippen molar-refractivity contribution in [3.63, 3.8) is 0 Å². The summed E-state index contributed by atoms with van der Waals surface area (Å²) in [5.41, 5.74) is 0. The summed E-state index contributed by atoms with van der Waals surface area (Å²) in [6.07, 6.45) is 2.67. The molecule has 0 aliphatic carbocycles. The van der Waals surface area contributed by atoms with Crippen LogP contribution >= 0.6 is 0 Å². The third kappa shape index (κ3) is 3.33. The lowest BCUT2D eigenvalue weighted by atomic mass is 10.1. The van der Waals surface area contributed by atoms with Gasteiger partial charge in [-0.2, -0.15) is 0 Å². The van der Waals surface area contributed by atoms with Crippen LogP contribution in [0.5, 0.6) is 0 Å². The molecule has 96 valence electrons. The van der Waals surface area contributed by atoms with Crippen LogP contribution in [0.15, 0.2) is 0 Å². The minimum atomic E-state index is -0.382. The average Bonchev–Trinajstić information content (AvgIpc) is 2.56. The molecule has 2 N–H and O–H groups in total. The van der Waals surface area contributed by atoms with E-state index in [2.05, 4.69) is 10.6 Å². The lowest BCUT2D eigenvalue weighted by Gasteiger charge is -2.28. The molecule has 2 rings (SSSR count). The zero-order valence-corrected chi connectivity index (χ0v) is 9.91. The molecule has 2 aliphatic rings. The number of amides is 3. The van der Waals surface area contributed by atoms with Crippen molar-refractivity contribution in [1.29, 1.82) is 0 Å². The summed E-state index contributed by atoms with van der Waals surface area (Å²) in [7, 11) is 0. The Morgan fingerprint density at radius 1 is 1.35 bits per heavy atom. The molecule has 0 aromatic rings. The molecular formula is C11H19N3O3. The van der Waals surface area contributed by atoms with Crippen molar-refractivity contribution >= 4 is 11.9 Å². The van der Waals surface area contributed by atoms with Gasteiger partial charge in [0.15, 0.2) is 0 Å². The van der Waals surface area contributed by atoms with E-state index in [1.54, 1.807) is 4.90 Å². The summed E-state index contributed by atoms with van der Waals surface area (Å²) >= 11 is 0. The molecule has 2 heterocycles. The zero-order chi connectivity index (χ0) is 12.1. The molecule has 0 bridgehead atoms. The molecule has 1 atom stereocenters. The van der Waals surface area contributed by atoms with Crippen LogP contribution in [0.1, 0.15) is 19.3 Å². The Morgan fingerprint density at radius 2 is 2.12 bits per heavy atom. The summed E-state index contributed by atoms with van der Waals surface area (Å²) in [4.78, 5) is 25.3. The highest BCUT2D eigenvalue weighted by Gasteiger charge is 2.25. The number of carbonyl (C=O) groups excluding carboxylic acids is 2. The van der Waals surface area contributed by atoms with Gasteiger partial charge in [-0.25, -0.2) is 4.79 Å². The molecule has 2 fully saturated rings. The minimum absolute atomic E-state index is 0.0656. The largest absolute Gasteiger partial charge is 0.378 e. The van der Waals surface area contributed by atoms with Crippen molar-refractivity contribution in [2.75, 3.05) is 32.8 Å². The van der Waals surface area contributed by atoms with Crippen molar-refractivity contribution in [2.24, 2.45) is 0 Å². The quantitative estimate of drug-likeness (QED) is 0.662. The van der Waals surface area contributed by atoms with Crippen LogP contribution in [-0.2, 0) is 9.53 Å². The van der Waals surface area contributed by atoms with Crippen molar-refractivity contribution in [1.82, 2.24) is 15.5 Å². The maximum absolute atomic E-state index is 11.9. The first-order valence-corrected chi connectivity index (χ1v) is 6.18. The maximum atomic E-state index is 11.9. The molecule has 0 spiro atoms. The molecule has 2 aliphatic heterocycles. The van der Waals surface area contributed by atoms with Gasteiger partial charge in [0.05, 0.1) is 13.2 Å². The second-order valence-electron chi connectivity index (χ2n) is 4.39. The number of ether oxygens (including phenoxy) is 1. The SMILES string of the molecule is O=C1NCCCC[C@@H]1NC(=O)N1CCOCC1. The van der Waals surface area contributed by atoms with Crippen LogP contribution in [-0.4, -0.2) is 55.7 Å². The van der Waals surface area contributed by atoms with E-state index in [1.807, 2.05) is 0 Å². The van der Waals surface area contributed by atoms with Crippen molar-refractivity contribution < 1.29 is 14.3 Å². The molecule has 6 nitrogen and oxygen atoms in total. The second kappa shape index (κ2) is 5.86. The molecule has 0 radical (unpaired) electrons. The number of nitrogens with one attached hydrogen (secondary N) is 2. The van der Waals surface area contributed by atoms with Gasteiger partial charge in [-0.05, 0) is 19.3 Å². The second-order valence-corrected chi connectivity index (χ2v) is 4.39. The van der Waals surface area contributed by atoms with Crippen LogP contribution in [0.2, 0.25) is 0 Å².